The first-order valence-corrected chi connectivity index (χ1v) is 5.26. The van der Waals surface area contributed by atoms with E-state index in [1.54, 1.807) is 7.11 Å². The Kier molecular flexibility index (Phi) is 4.09. The number of aromatic nitrogens is 1. The van der Waals surface area contributed by atoms with Gasteiger partial charge < -0.3 is 9.30 Å². The van der Waals surface area contributed by atoms with Gasteiger partial charge in [0, 0.05) is 30.6 Å². The summed E-state index contributed by atoms with van der Waals surface area (Å²) in [5.74, 6) is 0.425. The Labute approximate surface area is 91.0 Å². The van der Waals surface area contributed by atoms with Gasteiger partial charge in [-0.3, -0.25) is 4.79 Å². The largest absolute Gasteiger partial charge is 0.383 e. The van der Waals surface area contributed by atoms with Crippen molar-refractivity contribution in [2.75, 3.05) is 13.7 Å². The smallest absolute Gasteiger partial charge is 0.151 e. The van der Waals surface area contributed by atoms with Gasteiger partial charge in [-0.05, 0) is 18.9 Å². The van der Waals surface area contributed by atoms with Crippen molar-refractivity contribution in [2.45, 2.75) is 33.2 Å². The third-order valence-corrected chi connectivity index (χ3v) is 2.68. The molecule has 1 aromatic heterocycles. The molecule has 0 aliphatic rings. The average molecular weight is 209 g/mol. The molecule has 1 heterocycles. The molecule has 15 heavy (non-hydrogen) atoms. The molecule has 0 aliphatic heterocycles. The summed E-state index contributed by atoms with van der Waals surface area (Å²) < 4.78 is 7.23. The summed E-state index contributed by atoms with van der Waals surface area (Å²) in [7, 11) is 1.69. The van der Waals surface area contributed by atoms with Gasteiger partial charge in [0.05, 0.1) is 6.61 Å². The van der Waals surface area contributed by atoms with Crippen molar-refractivity contribution >= 4 is 6.29 Å². The van der Waals surface area contributed by atoms with Crippen LogP contribution < -0.4 is 0 Å². The molecule has 0 spiro atoms. The minimum absolute atomic E-state index is 0.425. The number of carbonyl (C=O) groups excluding carboxylic acids is 1. The first kappa shape index (κ1) is 12.0. The molecule has 0 bridgehead atoms. The highest BCUT2D eigenvalue weighted by Gasteiger charge is 2.13. The van der Waals surface area contributed by atoms with E-state index in [2.05, 4.69) is 18.4 Å². The van der Waals surface area contributed by atoms with E-state index < -0.39 is 0 Å². The molecule has 0 unspecified atom stereocenters. The third kappa shape index (κ3) is 2.48. The summed E-state index contributed by atoms with van der Waals surface area (Å²) in [6, 6.07) is 1.97. The van der Waals surface area contributed by atoms with Crippen LogP contribution in [0.3, 0.4) is 0 Å². The van der Waals surface area contributed by atoms with Crippen LogP contribution in [0.25, 0.3) is 0 Å². The summed E-state index contributed by atoms with van der Waals surface area (Å²) in [5, 5.41) is 0. The Bertz CT molecular complexity index is 340. The fourth-order valence-electron chi connectivity index (χ4n) is 1.77. The van der Waals surface area contributed by atoms with Crippen LogP contribution in [-0.2, 0) is 11.3 Å². The molecule has 0 fully saturated rings. The van der Waals surface area contributed by atoms with Crippen LogP contribution in [0.5, 0.6) is 0 Å². The lowest BCUT2D eigenvalue weighted by Crippen LogP contribution is -2.10. The van der Waals surface area contributed by atoms with Crippen molar-refractivity contribution in [1.29, 1.82) is 0 Å². The number of rotatable bonds is 5. The first-order valence-electron chi connectivity index (χ1n) is 5.26. The van der Waals surface area contributed by atoms with Gasteiger partial charge in [-0.15, -0.1) is 0 Å². The Morgan fingerprint density at radius 2 is 2.20 bits per heavy atom. The molecule has 0 radical (unpaired) electrons. The molecule has 0 N–H and O–H groups in total. The highest BCUT2D eigenvalue weighted by Crippen LogP contribution is 2.21. The second kappa shape index (κ2) is 5.12. The highest BCUT2D eigenvalue weighted by molar-refractivity contribution is 5.77. The van der Waals surface area contributed by atoms with Crippen LogP contribution in [0, 0.1) is 6.92 Å². The molecular weight excluding hydrogens is 190 g/mol. The zero-order valence-corrected chi connectivity index (χ0v) is 9.91. The standard InChI is InChI=1S/C12H19NO2/c1-9(2)12-7-11(8-14)10(3)13(12)5-6-15-4/h7-9H,5-6H2,1-4H3. The SMILES string of the molecule is COCCn1c(C(C)C)cc(C=O)c1C. The summed E-state index contributed by atoms with van der Waals surface area (Å²) in [5.41, 5.74) is 3.02. The fourth-order valence-corrected chi connectivity index (χ4v) is 1.77. The van der Waals surface area contributed by atoms with Crippen LogP contribution in [-0.4, -0.2) is 24.6 Å². The number of hydrogen-bond acceptors (Lipinski definition) is 2. The maximum atomic E-state index is 10.8. The molecule has 0 saturated heterocycles. The summed E-state index contributed by atoms with van der Waals surface area (Å²) in [6.45, 7) is 7.72. The van der Waals surface area contributed by atoms with Crippen molar-refractivity contribution < 1.29 is 9.53 Å². The van der Waals surface area contributed by atoms with Gasteiger partial charge in [0.1, 0.15) is 0 Å². The topological polar surface area (TPSA) is 31.2 Å². The van der Waals surface area contributed by atoms with Crippen molar-refractivity contribution in [3.8, 4) is 0 Å². The first-order chi connectivity index (χ1) is 7.11. The Balaban J connectivity index is 3.07. The minimum Gasteiger partial charge on any atom is -0.383 e. The Morgan fingerprint density at radius 3 is 2.67 bits per heavy atom. The Morgan fingerprint density at radius 1 is 1.53 bits per heavy atom. The quantitative estimate of drug-likeness (QED) is 0.697. The zero-order valence-electron chi connectivity index (χ0n) is 9.91. The molecular formula is C12H19NO2. The van der Waals surface area contributed by atoms with Gasteiger partial charge >= 0.3 is 0 Å². The van der Waals surface area contributed by atoms with E-state index >= 15 is 0 Å². The van der Waals surface area contributed by atoms with Crippen LogP contribution in [0.1, 0.15) is 41.5 Å². The third-order valence-electron chi connectivity index (χ3n) is 2.68. The van der Waals surface area contributed by atoms with Gasteiger partial charge in [-0.25, -0.2) is 0 Å². The predicted octanol–water partition coefficient (Wildman–Crippen LogP) is 2.38. The van der Waals surface area contributed by atoms with E-state index in [9.17, 15) is 4.79 Å². The molecule has 0 saturated carbocycles. The van der Waals surface area contributed by atoms with Crippen molar-refractivity contribution in [1.82, 2.24) is 4.57 Å². The van der Waals surface area contributed by atoms with Crippen molar-refractivity contribution in [3.63, 3.8) is 0 Å². The number of ether oxygens (including phenoxy) is 1. The lowest BCUT2D eigenvalue weighted by Gasteiger charge is -2.13. The zero-order chi connectivity index (χ0) is 11.4. The van der Waals surface area contributed by atoms with Gasteiger partial charge in [0.2, 0.25) is 0 Å². The molecule has 0 amide bonds. The number of carbonyl (C=O) groups is 1. The maximum absolute atomic E-state index is 10.8. The van der Waals surface area contributed by atoms with E-state index in [1.165, 1.54) is 5.69 Å². The highest BCUT2D eigenvalue weighted by atomic mass is 16.5. The minimum atomic E-state index is 0.425. The van der Waals surface area contributed by atoms with Gasteiger partial charge in [-0.1, -0.05) is 13.8 Å². The average Bonchev–Trinajstić information content (AvgIpc) is 2.52. The molecule has 3 heteroatoms. The molecule has 0 aliphatic carbocycles. The fraction of sp³-hybridized carbons (Fsp3) is 0.583. The second-order valence-electron chi connectivity index (χ2n) is 4.03. The van der Waals surface area contributed by atoms with Gasteiger partial charge in [0.15, 0.2) is 6.29 Å². The summed E-state index contributed by atoms with van der Waals surface area (Å²) in [6.07, 6.45) is 0.921. The predicted molar refractivity (Wildman–Crippen MR) is 60.5 cm³/mol. The summed E-state index contributed by atoms with van der Waals surface area (Å²) >= 11 is 0. The van der Waals surface area contributed by atoms with E-state index in [0.717, 1.165) is 24.1 Å². The number of aldehydes is 1. The Hall–Kier alpha value is -1.09. The molecule has 1 rings (SSSR count). The van der Waals surface area contributed by atoms with E-state index in [1.807, 2.05) is 13.0 Å². The number of methoxy groups -OCH3 is 1. The van der Waals surface area contributed by atoms with Crippen molar-refractivity contribution in [3.05, 3.63) is 23.0 Å². The molecule has 0 aromatic carbocycles. The van der Waals surface area contributed by atoms with Crippen LogP contribution in [0.15, 0.2) is 6.07 Å². The van der Waals surface area contributed by atoms with Crippen LogP contribution >= 0.6 is 0 Å². The summed E-state index contributed by atoms with van der Waals surface area (Å²) in [4.78, 5) is 10.8. The number of nitrogens with zero attached hydrogens (tertiary/aromatic N) is 1. The lowest BCUT2D eigenvalue weighted by molar-refractivity contribution is 0.112. The van der Waals surface area contributed by atoms with Gasteiger partial charge in [-0.2, -0.15) is 0 Å². The van der Waals surface area contributed by atoms with Crippen LogP contribution in [0.4, 0.5) is 0 Å². The normalized spacial score (nSPS) is 11.0. The molecule has 3 nitrogen and oxygen atoms in total. The van der Waals surface area contributed by atoms with Crippen molar-refractivity contribution in [2.24, 2.45) is 0 Å². The lowest BCUT2D eigenvalue weighted by atomic mass is 10.1. The van der Waals surface area contributed by atoms with Gasteiger partial charge in [0.25, 0.3) is 0 Å². The molecule has 1 aromatic rings. The molecule has 0 atom stereocenters. The molecule has 84 valence electrons. The van der Waals surface area contributed by atoms with E-state index in [0.29, 0.717) is 12.5 Å². The van der Waals surface area contributed by atoms with Crippen LogP contribution in [0.2, 0.25) is 0 Å². The maximum Gasteiger partial charge on any atom is 0.151 e. The number of hydrogen-bond donors (Lipinski definition) is 0. The van der Waals surface area contributed by atoms with E-state index in [-0.39, 0.29) is 0 Å². The second-order valence-corrected chi connectivity index (χ2v) is 4.03. The monoisotopic (exact) mass is 209 g/mol. The van der Waals surface area contributed by atoms with E-state index in [4.69, 9.17) is 4.74 Å².